The first-order valence-electron chi connectivity index (χ1n) is 19.6. The van der Waals surface area contributed by atoms with Crippen molar-refractivity contribution in [2.45, 2.75) is 12.8 Å². The normalized spacial score (nSPS) is 13.1. The molecule has 0 unspecified atom stereocenters. The maximum atomic E-state index is 6.76. The summed E-state index contributed by atoms with van der Waals surface area (Å²) >= 11 is 1.84. The van der Waals surface area contributed by atoms with Crippen molar-refractivity contribution in [3.63, 3.8) is 0 Å². The first-order valence-corrected chi connectivity index (χ1v) is 20.4. The fourth-order valence-electron chi connectivity index (χ4n) is 8.61. The van der Waals surface area contributed by atoms with Crippen molar-refractivity contribution in [3.05, 3.63) is 182 Å². The summed E-state index contributed by atoms with van der Waals surface area (Å²) in [6.45, 7) is 0. The maximum absolute atomic E-state index is 6.76. The Balaban J connectivity index is 1.02. The third-order valence-electron chi connectivity index (χ3n) is 11.3. The molecule has 0 atom stereocenters. The quantitative estimate of drug-likeness (QED) is 0.169. The Kier molecular flexibility index (Phi) is 7.46. The lowest BCUT2D eigenvalue weighted by molar-refractivity contribution is 0.663. The lowest BCUT2D eigenvalue weighted by Crippen LogP contribution is -2.09. The van der Waals surface area contributed by atoms with Crippen LogP contribution < -0.4 is 4.90 Å². The Morgan fingerprint density at radius 2 is 1.19 bits per heavy atom. The van der Waals surface area contributed by atoms with Crippen molar-refractivity contribution in [1.29, 1.82) is 0 Å². The second kappa shape index (κ2) is 13.2. The molecule has 4 aromatic heterocycles. The molecule has 0 saturated carbocycles. The van der Waals surface area contributed by atoms with Gasteiger partial charge in [-0.25, -0.2) is 9.97 Å². The highest BCUT2D eigenvalue weighted by Gasteiger charge is 2.24. The maximum Gasteiger partial charge on any atom is 0.180 e. The predicted octanol–water partition coefficient (Wildman–Crippen LogP) is 15.2. The number of hydrogen-bond acceptors (Lipinski definition) is 6. The van der Waals surface area contributed by atoms with Crippen LogP contribution in [0.1, 0.15) is 18.5 Å². The first kappa shape index (κ1) is 32.9. The molecule has 0 spiro atoms. The van der Waals surface area contributed by atoms with E-state index in [-0.39, 0.29) is 0 Å². The van der Waals surface area contributed by atoms with E-state index in [9.17, 15) is 0 Å². The summed E-state index contributed by atoms with van der Waals surface area (Å²) < 4.78 is 15.8. The molecule has 0 fully saturated rings. The number of aromatic nitrogens is 2. The smallest absolute Gasteiger partial charge is 0.180 e. The van der Waals surface area contributed by atoms with E-state index in [1.165, 1.54) is 20.2 Å². The minimum Gasteiger partial charge on any atom is -0.455 e. The van der Waals surface area contributed by atoms with Crippen LogP contribution in [0.4, 0.5) is 17.1 Å². The number of thiophene rings is 1. The molecular weight excluding hydrogens is 731 g/mol. The van der Waals surface area contributed by atoms with Crippen LogP contribution in [0, 0.1) is 0 Å². The minimum atomic E-state index is 0.605. The molecule has 0 amide bonds. The number of nitrogens with zero attached hydrogens (tertiary/aromatic N) is 3. The Labute approximate surface area is 337 Å². The third-order valence-corrected chi connectivity index (χ3v) is 12.5. The Morgan fingerprint density at radius 3 is 2.02 bits per heavy atom. The van der Waals surface area contributed by atoms with Crippen LogP contribution in [0.5, 0.6) is 0 Å². The molecule has 0 bridgehead atoms. The van der Waals surface area contributed by atoms with E-state index >= 15 is 0 Å². The number of para-hydroxylation sites is 3. The standard InChI is InChI=1S/C52H33N3O2S/c1-3-13-33(14-4-1)48-51-49(40-19-8-11-21-44(40)57-51)54-52(53-48)41-29-28-37(47-39-18-7-10-20-43(39)56-50(41)47)32-23-25-35(26-24-32)55(34-15-5-2-6-16-34)36-27-30-46-42(31-36)38-17-9-12-22-45(38)58-46/h2-3,5-31H,1,4H2. The molecule has 0 aliphatic heterocycles. The van der Waals surface area contributed by atoms with Gasteiger partial charge < -0.3 is 13.7 Å². The average molecular weight is 764 g/mol. The van der Waals surface area contributed by atoms with Crippen LogP contribution in [0.15, 0.2) is 185 Å². The van der Waals surface area contributed by atoms with Gasteiger partial charge in [-0.3, -0.25) is 0 Å². The number of hydrogen-bond donors (Lipinski definition) is 0. The molecule has 58 heavy (non-hydrogen) atoms. The monoisotopic (exact) mass is 763 g/mol. The number of fused-ring (bicyclic) bond motifs is 9. The average Bonchev–Trinajstić information content (AvgIpc) is 3.99. The number of benzene rings is 7. The SMILES string of the molecule is C1=CC(c2nc(-c3ccc(-c4ccc(N(c5ccccc5)c5ccc6sc7ccccc7c6c5)cc4)c4c3oc3ccccc34)nc3c2oc2ccccc23)=CCC1. The summed E-state index contributed by atoms with van der Waals surface area (Å²) in [5.74, 6) is 0.605. The number of furan rings is 2. The van der Waals surface area contributed by atoms with E-state index in [4.69, 9.17) is 18.8 Å². The summed E-state index contributed by atoms with van der Waals surface area (Å²) in [6.07, 6.45) is 8.56. The molecule has 5 nitrogen and oxygen atoms in total. The lowest BCUT2D eigenvalue weighted by atomic mass is 9.96. The van der Waals surface area contributed by atoms with Gasteiger partial charge in [0.15, 0.2) is 11.4 Å². The van der Waals surface area contributed by atoms with Crippen molar-refractivity contribution < 1.29 is 8.83 Å². The molecule has 11 aromatic rings. The van der Waals surface area contributed by atoms with Gasteiger partial charge in [0.1, 0.15) is 28.0 Å². The molecule has 12 rings (SSSR count). The largest absolute Gasteiger partial charge is 0.455 e. The van der Waals surface area contributed by atoms with Gasteiger partial charge in [0.25, 0.3) is 0 Å². The number of anilines is 3. The highest BCUT2D eigenvalue weighted by atomic mass is 32.1. The summed E-state index contributed by atoms with van der Waals surface area (Å²) in [5.41, 5.74) is 12.0. The van der Waals surface area contributed by atoms with Crippen LogP contribution in [0.25, 0.3) is 92.3 Å². The molecule has 7 aromatic carbocycles. The number of rotatable bonds is 6. The molecule has 274 valence electrons. The van der Waals surface area contributed by atoms with Crippen molar-refractivity contribution >= 4 is 98.2 Å². The summed E-state index contributed by atoms with van der Waals surface area (Å²) in [5, 5.41) is 5.61. The van der Waals surface area contributed by atoms with E-state index in [0.29, 0.717) is 11.4 Å². The Bertz CT molecular complexity index is 3460. The van der Waals surface area contributed by atoms with Crippen LogP contribution in [-0.2, 0) is 0 Å². The fraction of sp³-hybridized carbons (Fsp3) is 0.0385. The fourth-order valence-corrected chi connectivity index (χ4v) is 9.69. The number of allylic oxidation sites excluding steroid dienone is 4. The molecule has 0 N–H and O–H groups in total. The van der Waals surface area contributed by atoms with Gasteiger partial charge in [0.05, 0.1) is 5.56 Å². The van der Waals surface area contributed by atoms with Gasteiger partial charge in [-0.15, -0.1) is 11.3 Å². The van der Waals surface area contributed by atoms with E-state index in [2.05, 4.69) is 151 Å². The predicted molar refractivity (Wildman–Crippen MR) is 241 cm³/mol. The zero-order chi connectivity index (χ0) is 38.2. The second-order valence-electron chi connectivity index (χ2n) is 14.8. The van der Waals surface area contributed by atoms with Crippen molar-refractivity contribution in [2.75, 3.05) is 4.90 Å². The molecule has 6 heteroatoms. The van der Waals surface area contributed by atoms with E-state index in [1.54, 1.807) is 0 Å². The van der Waals surface area contributed by atoms with Gasteiger partial charge in [-0.05, 0) is 102 Å². The molecule has 4 heterocycles. The summed E-state index contributed by atoms with van der Waals surface area (Å²) in [6, 6.07) is 55.6. The first-order chi connectivity index (χ1) is 28.7. The van der Waals surface area contributed by atoms with Gasteiger partial charge in [0, 0.05) is 53.4 Å². The van der Waals surface area contributed by atoms with Crippen LogP contribution >= 0.6 is 11.3 Å². The van der Waals surface area contributed by atoms with Crippen LogP contribution in [0.2, 0.25) is 0 Å². The van der Waals surface area contributed by atoms with E-state index < -0.39 is 0 Å². The lowest BCUT2D eigenvalue weighted by Gasteiger charge is -2.26. The van der Waals surface area contributed by atoms with Crippen LogP contribution in [0.3, 0.4) is 0 Å². The van der Waals surface area contributed by atoms with Gasteiger partial charge >= 0.3 is 0 Å². The molecule has 1 aliphatic carbocycles. The topological polar surface area (TPSA) is 55.3 Å². The van der Waals surface area contributed by atoms with Crippen molar-refractivity contribution in [3.8, 4) is 22.5 Å². The van der Waals surface area contributed by atoms with E-state index in [0.717, 1.165) is 96.3 Å². The van der Waals surface area contributed by atoms with Crippen molar-refractivity contribution in [2.24, 2.45) is 0 Å². The highest BCUT2D eigenvalue weighted by molar-refractivity contribution is 7.25. The molecule has 0 saturated heterocycles. The zero-order valence-electron chi connectivity index (χ0n) is 31.2. The van der Waals surface area contributed by atoms with Gasteiger partial charge in [-0.2, -0.15) is 0 Å². The third kappa shape index (κ3) is 5.22. The van der Waals surface area contributed by atoms with Gasteiger partial charge in [-0.1, -0.05) is 103 Å². The Morgan fingerprint density at radius 1 is 0.517 bits per heavy atom. The van der Waals surface area contributed by atoms with Crippen LogP contribution in [-0.4, -0.2) is 9.97 Å². The van der Waals surface area contributed by atoms with E-state index in [1.807, 2.05) is 41.7 Å². The molecule has 1 aliphatic rings. The summed E-state index contributed by atoms with van der Waals surface area (Å²) in [4.78, 5) is 12.8. The highest BCUT2D eigenvalue weighted by Crippen LogP contribution is 2.45. The van der Waals surface area contributed by atoms with Crippen molar-refractivity contribution in [1.82, 2.24) is 9.97 Å². The van der Waals surface area contributed by atoms with Gasteiger partial charge in [0.2, 0.25) is 0 Å². The molecular formula is C52H33N3O2S. The zero-order valence-corrected chi connectivity index (χ0v) is 32.0. The Hall–Kier alpha value is -7.28. The molecule has 0 radical (unpaired) electrons. The second-order valence-corrected chi connectivity index (χ2v) is 15.9. The summed E-state index contributed by atoms with van der Waals surface area (Å²) in [7, 11) is 0. The minimum absolute atomic E-state index is 0.605.